The van der Waals surface area contributed by atoms with Crippen LogP contribution in [0.2, 0.25) is 0 Å². The first-order valence-electron chi connectivity index (χ1n) is 6.25. The van der Waals surface area contributed by atoms with Gasteiger partial charge in [0.1, 0.15) is 5.82 Å². The Balaban J connectivity index is 2.20. The number of carboxylic acid groups (broad SMARTS) is 1. The molecule has 1 aliphatic heterocycles. The highest BCUT2D eigenvalue weighted by molar-refractivity contribution is 7.99. The van der Waals surface area contributed by atoms with Crippen LogP contribution in [0.4, 0.5) is 0 Å². The van der Waals surface area contributed by atoms with Crippen LogP contribution in [0.15, 0.2) is 0 Å². The summed E-state index contributed by atoms with van der Waals surface area (Å²) in [7, 11) is 0. The van der Waals surface area contributed by atoms with Gasteiger partial charge in [-0.1, -0.05) is 0 Å². The van der Waals surface area contributed by atoms with Crippen molar-refractivity contribution in [3.8, 4) is 0 Å². The first-order valence-corrected chi connectivity index (χ1v) is 7.30. The zero-order chi connectivity index (χ0) is 13.1. The van der Waals surface area contributed by atoms with E-state index in [1.807, 2.05) is 25.6 Å². The van der Waals surface area contributed by atoms with E-state index < -0.39 is 5.97 Å². The number of rotatable bonds is 4. The monoisotopic (exact) mass is 266 g/mol. The third kappa shape index (κ3) is 3.02. The molecule has 0 aliphatic carbocycles. The van der Waals surface area contributed by atoms with Gasteiger partial charge < -0.3 is 5.11 Å². The number of aryl methyl sites for hydroxylation is 2. The van der Waals surface area contributed by atoms with Gasteiger partial charge in [-0.3, -0.25) is 4.79 Å². The van der Waals surface area contributed by atoms with Gasteiger partial charge in [-0.25, -0.2) is 9.97 Å². The second kappa shape index (κ2) is 5.69. The van der Waals surface area contributed by atoms with E-state index in [1.54, 1.807) is 0 Å². The van der Waals surface area contributed by atoms with Crippen LogP contribution in [0.1, 0.15) is 47.3 Å². The molecule has 0 bridgehead atoms. The fraction of sp³-hybridized carbons (Fsp3) is 0.615. The molecule has 1 fully saturated rings. The Morgan fingerprint density at radius 2 is 2.06 bits per heavy atom. The van der Waals surface area contributed by atoms with E-state index in [0.717, 1.165) is 29.2 Å². The van der Waals surface area contributed by atoms with Gasteiger partial charge in [-0.2, -0.15) is 11.8 Å². The molecule has 2 rings (SSSR count). The molecule has 4 nitrogen and oxygen atoms in total. The molecule has 1 aliphatic rings. The molecule has 0 saturated carbocycles. The van der Waals surface area contributed by atoms with Crippen molar-refractivity contribution >= 4 is 17.7 Å². The smallest absolute Gasteiger partial charge is 0.303 e. The lowest BCUT2D eigenvalue weighted by Crippen LogP contribution is -2.08. The maximum atomic E-state index is 10.6. The molecule has 98 valence electrons. The molecule has 1 unspecified atom stereocenters. The lowest BCUT2D eigenvalue weighted by atomic mass is 10.1. The van der Waals surface area contributed by atoms with Gasteiger partial charge in [0.05, 0.1) is 5.25 Å². The van der Waals surface area contributed by atoms with Crippen LogP contribution >= 0.6 is 11.8 Å². The Morgan fingerprint density at radius 3 is 2.56 bits per heavy atom. The maximum Gasteiger partial charge on any atom is 0.303 e. The summed E-state index contributed by atoms with van der Waals surface area (Å²) in [5.41, 5.74) is 2.86. The Hall–Kier alpha value is -1.10. The van der Waals surface area contributed by atoms with Gasteiger partial charge in [0.2, 0.25) is 0 Å². The fourth-order valence-electron chi connectivity index (χ4n) is 2.28. The topological polar surface area (TPSA) is 63.1 Å². The minimum Gasteiger partial charge on any atom is -0.481 e. The number of hydrogen-bond acceptors (Lipinski definition) is 4. The molecular formula is C13H18N2O2S. The standard InChI is InChI=1S/C13H18N2O2S/c1-8-10(5-6-12(16)17)9(2)15-13(14-8)11-4-3-7-18-11/h11H,3-7H2,1-2H3,(H,16,17). The summed E-state index contributed by atoms with van der Waals surface area (Å²) in [6.45, 7) is 3.91. The van der Waals surface area contributed by atoms with E-state index in [9.17, 15) is 4.79 Å². The predicted molar refractivity (Wildman–Crippen MR) is 71.9 cm³/mol. The SMILES string of the molecule is Cc1nc(C2CCCS2)nc(C)c1CCC(=O)O. The molecule has 0 amide bonds. The molecule has 1 N–H and O–H groups in total. The summed E-state index contributed by atoms with van der Waals surface area (Å²) in [6, 6.07) is 0. The Bertz CT molecular complexity index is 433. The number of aromatic nitrogens is 2. The molecule has 18 heavy (non-hydrogen) atoms. The summed E-state index contributed by atoms with van der Waals surface area (Å²) in [5.74, 6) is 1.34. The summed E-state index contributed by atoms with van der Waals surface area (Å²) in [6.07, 6.45) is 3.04. The Labute approximate surface area is 111 Å². The first-order chi connectivity index (χ1) is 8.58. The lowest BCUT2D eigenvalue weighted by Gasteiger charge is -2.13. The van der Waals surface area contributed by atoms with Crippen molar-refractivity contribution in [1.29, 1.82) is 0 Å². The normalized spacial score (nSPS) is 19.1. The van der Waals surface area contributed by atoms with E-state index in [2.05, 4.69) is 9.97 Å². The van der Waals surface area contributed by atoms with Crippen molar-refractivity contribution in [1.82, 2.24) is 9.97 Å². The first kappa shape index (κ1) is 13.3. The third-order valence-corrected chi connectivity index (χ3v) is 4.62. The van der Waals surface area contributed by atoms with Gasteiger partial charge in [0, 0.05) is 17.8 Å². The average molecular weight is 266 g/mol. The van der Waals surface area contributed by atoms with Crippen LogP contribution in [0.3, 0.4) is 0 Å². The summed E-state index contributed by atoms with van der Waals surface area (Å²) < 4.78 is 0. The van der Waals surface area contributed by atoms with Gasteiger partial charge in [0.25, 0.3) is 0 Å². The highest BCUT2D eigenvalue weighted by Crippen LogP contribution is 2.38. The van der Waals surface area contributed by atoms with Crippen LogP contribution in [0.5, 0.6) is 0 Å². The molecule has 1 atom stereocenters. The lowest BCUT2D eigenvalue weighted by molar-refractivity contribution is -0.136. The van der Waals surface area contributed by atoms with Gasteiger partial charge >= 0.3 is 5.97 Å². The van der Waals surface area contributed by atoms with E-state index >= 15 is 0 Å². The largest absolute Gasteiger partial charge is 0.481 e. The number of nitrogens with zero attached hydrogens (tertiary/aromatic N) is 2. The van der Waals surface area contributed by atoms with Crippen molar-refractivity contribution in [2.75, 3.05) is 5.75 Å². The number of carboxylic acids is 1. The van der Waals surface area contributed by atoms with Crippen molar-refractivity contribution in [2.24, 2.45) is 0 Å². The van der Waals surface area contributed by atoms with E-state index in [-0.39, 0.29) is 6.42 Å². The summed E-state index contributed by atoms with van der Waals surface area (Å²) in [4.78, 5) is 19.8. The molecule has 5 heteroatoms. The van der Waals surface area contributed by atoms with Crippen LogP contribution in [0.25, 0.3) is 0 Å². The quantitative estimate of drug-likeness (QED) is 0.907. The fourth-order valence-corrected chi connectivity index (χ4v) is 3.49. The number of aliphatic carboxylic acids is 1. The molecule has 0 spiro atoms. The second-order valence-electron chi connectivity index (χ2n) is 4.63. The van der Waals surface area contributed by atoms with E-state index in [1.165, 1.54) is 12.2 Å². The Morgan fingerprint density at radius 1 is 1.39 bits per heavy atom. The molecular weight excluding hydrogens is 248 g/mol. The average Bonchev–Trinajstić information content (AvgIpc) is 2.80. The molecule has 1 aromatic heterocycles. The zero-order valence-electron chi connectivity index (χ0n) is 10.8. The van der Waals surface area contributed by atoms with Crippen molar-refractivity contribution in [2.45, 2.75) is 44.8 Å². The summed E-state index contributed by atoms with van der Waals surface area (Å²) in [5, 5.41) is 9.17. The number of hydrogen-bond donors (Lipinski definition) is 1. The zero-order valence-corrected chi connectivity index (χ0v) is 11.6. The van der Waals surface area contributed by atoms with Crippen molar-refractivity contribution in [3.63, 3.8) is 0 Å². The molecule has 1 aromatic rings. The highest BCUT2D eigenvalue weighted by atomic mass is 32.2. The highest BCUT2D eigenvalue weighted by Gasteiger charge is 2.22. The van der Waals surface area contributed by atoms with Gasteiger partial charge in [0.15, 0.2) is 0 Å². The summed E-state index contributed by atoms with van der Waals surface area (Å²) >= 11 is 1.92. The minimum atomic E-state index is -0.774. The van der Waals surface area contributed by atoms with Crippen molar-refractivity contribution < 1.29 is 9.90 Å². The van der Waals surface area contributed by atoms with Crippen LogP contribution in [-0.2, 0) is 11.2 Å². The van der Waals surface area contributed by atoms with E-state index in [4.69, 9.17) is 5.11 Å². The van der Waals surface area contributed by atoms with Crippen LogP contribution in [-0.4, -0.2) is 26.8 Å². The second-order valence-corrected chi connectivity index (χ2v) is 5.94. The molecule has 0 aromatic carbocycles. The van der Waals surface area contributed by atoms with Crippen LogP contribution in [0, 0.1) is 13.8 Å². The maximum absolute atomic E-state index is 10.6. The molecule has 2 heterocycles. The van der Waals surface area contributed by atoms with E-state index in [0.29, 0.717) is 11.7 Å². The van der Waals surface area contributed by atoms with Gasteiger partial charge in [-0.15, -0.1) is 0 Å². The minimum absolute atomic E-state index is 0.141. The molecule has 1 saturated heterocycles. The number of carbonyl (C=O) groups is 1. The predicted octanol–water partition coefficient (Wildman–Crippen LogP) is 2.68. The van der Waals surface area contributed by atoms with Gasteiger partial charge in [-0.05, 0) is 44.4 Å². The third-order valence-electron chi connectivity index (χ3n) is 3.24. The van der Waals surface area contributed by atoms with Crippen molar-refractivity contribution in [3.05, 3.63) is 22.8 Å². The number of thioether (sulfide) groups is 1. The Kier molecular flexibility index (Phi) is 4.22. The molecule has 0 radical (unpaired) electrons. The van der Waals surface area contributed by atoms with Crippen LogP contribution < -0.4 is 0 Å².